The number of amides is 2. The first-order chi connectivity index (χ1) is 16.4. The highest BCUT2D eigenvalue weighted by Gasteiger charge is 2.22. The summed E-state index contributed by atoms with van der Waals surface area (Å²) >= 11 is 0. The lowest BCUT2D eigenvalue weighted by Gasteiger charge is -2.20. The van der Waals surface area contributed by atoms with Crippen molar-refractivity contribution in [3.05, 3.63) is 0 Å². The first-order valence-corrected chi connectivity index (χ1v) is 12.6. The third-order valence-electron chi connectivity index (χ3n) is 5.67. The molecule has 0 heterocycles. The maximum Gasteiger partial charge on any atom is 0.219 e. The Labute approximate surface area is 210 Å². The van der Waals surface area contributed by atoms with Crippen molar-refractivity contribution in [2.75, 3.05) is 33.7 Å². The van der Waals surface area contributed by atoms with Crippen LogP contribution in [0.5, 0.6) is 0 Å². The average Bonchev–Trinajstić information content (AvgIpc) is 2.78. The molecule has 0 saturated heterocycles. The number of hydrogen-bond acceptors (Lipinski definition) is 7. The number of ketones is 4. The van der Waals surface area contributed by atoms with E-state index >= 15 is 0 Å². The molecular weight excluding hydrogens is 450 g/mol. The van der Waals surface area contributed by atoms with Crippen LogP contribution < -0.4 is 10.6 Å². The smallest absolute Gasteiger partial charge is 0.219 e. The van der Waals surface area contributed by atoms with Gasteiger partial charge in [0.25, 0.3) is 0 Å². The lowest BCUT2D eigenvalue weighted by atomic mass is 9.88. The molecule has 0 radical (unpaired) electrons. The maximum atomic E-state index is 12.5. The molecule has 0 bridgehead atoms. The highest BCUT2D eigenvalue weighted by Crippen LogP contribution is 2.18. The van der Waals surface area contributed by atoms with Crippen molar-refractivity contribution in [3.63, 3.8) is 0 Å². The highest BCUT2D eigenvalue weighted by molar-refractivity contribution is 5.87. The van der Waals surface area contributed by atoms with E-state index in [1.54, 1.807) is 19.0 Å². The Kier molecular flexibility index (Phi) is 16.7. The van der Waals surface area contributed by atoms with Gasteiger partial charge in [-0.15, -0.1) is 0 Å². The van der Waals surface area contributed by atoms with Crippen LogP contribution in [-0.4, -0.2) is 73.6 Å². The number of Topliss-reactive ketones (excluding diaryl/α,β-unsaturated/α-hetero) is 4. The molecule has 2 N–H and O–H groups in total. The third-order valence-corrected chi connectivity index (χ3v) is 5.67. The molecule has 0 aliphatic rings. The predicted molar refractivity (Wildman–Crippen MR) is 135 cm³/mol. The zero-order valence-electron chi connectivity index (χ0n) is 22.3. The average molecular weight is 496 g/mol. The topological polar surface area (TPSA) is 130 Å². The van der Waals surface area contributed by atoms with Gasteiger partial charge in [-0.3, -0.25) is 33.7 Å². The van der Waals surface area contributed by atoms with E-state index in [1.807, 2.05) is 20.8 Å². The highest BCUT2D eigenvalue weighted by atomic mass is 16.2. The van der Waals surface area contributed by atoms with Crippen molar-refractivity contribution >= 4 is 34.9 Å². The molecule has 0 rings (SSSR count). The summed E-state index contributed by atoms with van der Waals surface area (Å²) in [7, 11) is 3.13. The molecule has 0 aromatic heterocycles. The Balaban J connectivity index is 4.73. The molecule has 35 heavy (non-hydrogen) atoms. The van der Waals surface area contributed by atoms with Crippen LogP contribution in [0.25, 0.3) is 0 Å². The fourth-order valence-electron chi connectivity index (χ4n) is 3.44. The Hall–Kier alpha value is -2.42. The minimum absolute atomic E-state index is 0.00336. The molecule has 0 aromatic carbocycles. The Morgan fingerprint density at radius 1 is 0.543 bits per heavy atom. The van der Waals surface area contributed by atoms with Gasteiger partial charge in [-0.2, -0.15) is 0 Å². The minimum atomic E-state index is -0.441. The molecule has 0 aromatic rings. The summed E-state index contributed by atoms with van der Waals surface area (Å²) in [5.74, 6) is -0.309. The summed E-state index contributed by atoms with van der Waals surface area (Å²) < 4.78 is 0. The van der Waals surface area contributed by atoms with Crippen LogP contribution in [-0.2, 0) is 28.8 Å². The summed E-state index contributed by atoms with van der Waals surface area (Å²) in [5.41, 5.74) is -0.441. The predicted octanol–water partition coefficient (Wildman–Crippen LogP) is 2.39. The van der Waals surface area contributed by atoms with E-state index in [9.17, 15) is 28.8 Å². The van der Waals surface area contributed by atoms with E-state index in [-0.39, 0.29) is 73.8 Å². The van der Waals surface area contributed by atoms with Gasteiger partial charge in [0.2, 0.25) is 11.8 Å². The summed E-state index contributed by atoms with van der Waals surface area (Å²) in [5, 5.41) is 5.08. The van der Waals surface area contributed by atoms with Crippen molar-refractivity contribution < 1.29 is 28.8 Å². The monoisotopic (exact) mass is 495 g/mol. The van der Waals surface area contributed by atoms with Gasteiger partial charge in [0.1, 0.15) is 23.1 Å². The lowest BCUT2D eigenvalue weighted by molar-refractivity contribution is -0.127. The zero-order valence-corrected chi connectivity index (χ0v) is 22.3. The Morgan fingerprint density at radius 3 is 1.23 bits per heavy atom. The van der Waals surface area contributed by atoms with Crippen LogP contribution >= 0.6 is 0 Å². The molecule has 0 spiro atoms. The molecule has 2 amide bonds. The molecule has 9 heteroatoms. The summed E-state index contributed by atoms with van der Waals surface area (Å²) in [6.07, 6.45) is 4.58. The normalized spacial score (nSPS) is 11.3. The molecule has 200 valence electrons. The molecule has 0 atom stereocenters. The van der Waals surface area contributed by atoms with Crippen molar-refractivity contribution in [1.82, 2.24) is 15.5 Å². The maximum absolute atomic E-state index is 12.5. The van der Waals surface area contributed by atoms with E-state index in [1.165, 1.54) is 0 Å². The SMILES string of the molecule is CNC(=O)CCCCC(=O)CN(CC(=O)CCCCC(=O)NC)CC(=O)CCCC(=O)C(C)(C)C. The van der Waals surface area contributed by atoms with Gasteiger partial charge in [-0.05, 0) is 32.1 Å². The number of unbranched alkanes of at least 4 members (excludes halogenated alkanes) is 2. The van der Waals surface area contributed by atoms with Crippen LogP contribution in [0.1, 0.15) is 91.4 Å². The molecule has 0 aliphatic carbocycles. The Morgan fingerprint density at radius 2 is 0.886 bits per heavy atom. The van der Waals surface area contributed by atoms with Crippen LogP contribution in [0, 0.1) is 5.41 Å². The van der Waals surface area contributed by atoms with Crippen LogP contribution in [0.3, 0.4) is 0 Å². The number of carbonyl (C=O) groups excluding carboxylic acids is 6. The fourth-order valence-corrected chi connectivity index (χ4v) is 3.44. The third kappa shape index (κ3) is 17.6. The number of rotatable bonds is 20. The van der Waals surface area contributed by atoms with Crippen molar-refractivity contribution in [1.29, 1.82) is 0 Å². The van der Waals surface area contributed by atoms with Crippen molar-refractivity contribution in [2.45, 2.75) is 91.4 Å². The number of nitrogens with zero attached hydrogens (tertiary/aromatic N) is 1. The molecule has 0 aliphatic heterocycles. The van der Waals surface area contributed by atoms with E-state index in [0.717, 1.165) is 0 Å². The molecule has 0 unspecified atom stereocenters. The van der Waals surface area contributed by atoms with Crippen LogP contribution in [0.15, 0.2) is 0 Å². The first kappa shape index (κ1) is 32.6. The molecular formula is C26H45N3O6. The van der Waals surface area contributed by atoms with Gasteiger partial charge in [-0.25, -0.2) is 0 Å². The summed E-state index contributed by atoms with van der Waals surface area (Å²) in [6, 6.07) is 0. The number of carbonyl (C=O) groups is 6. The summed E-state index contributed by atoms with van der Waals surface area (Å²) in [4.78, 5) is 73.7. The van der Waals surface area contributed by atoms with E-state index in [0.29, 0.717) is 51.4 Å². The fraction of sp³-hybridized carbons (Fsp3) is 0.769. The Bertz CT molecular complexity index is 689. The standard InChI is InChI=1S/C26H45N3O6/c1-26(2,3)23(33)14-10-13-22(32)19-29(17-20(30)11-6-8-15-24(34)27-4)18-21(31)12-7-9-16-25(35)28-5/h6-19H2,1-5H3,(H,27,34)(H,28,35). The number of nitrogens with one attached hydrogen (secondary N) is 2. The van der Waals surface area contributed by atoms with Gasteiger partial charge in [0.15, 0.2) is 0 Å². The van der Waals surface area contributed by atoms with E-state index in [4.69, 9.17) is 0 Å². The van der Waals surface area contributed by atoms with Gasteiger partial charge in [-0.1, -0.05) is 20.8 Å². The second kappa shape index (κ2) is 17.9. The second-order valence-corrected chi connectivity index (χ2v) is 10.0. The van der Waals surface area contributed by atoms with Crippen LogP contribution in [0.2, 0.25) is 0 Å². The van der Waals surface area contributed by atoms with E-state index in [2.05, 4.69) is 10.6 Å². The van der Waals surface area contributed by atoms with Crippen LogP contribution in [0.4, 0.5) is 0 Å². The van der Waals surface area contributed by atoms with Crippen molar-refractivity contribution in [3.8, 4) is 0 Å². The molecule has 9 nitrogen and oxygen atoms in total. The van der Waals surface area contributed by atoms with Gasteiger partial charge in [0, 0.05) is 58.0 Å². The van der Waals surface area contributed by atoms with Gasteiger partial charge in [0.05, 0.1) is 19.6 Å². The van der Waals surface area contributed by atoms with Crippen molar-refractivity contribution in [2.24, 2.45) is 5.41 Å². The van der Waals surface area contributed by atoms with Gasteiger partial charge >= 0.3 is 0 Å². The minimum Gasteiger partial charge on any atom is -0.359 e. The molecule has 0 fully saturated rings. The summed E-state index contributed by atoms with van der Waals surface area (Å²) in [6.45, 7) is 5.52. The first-order valence-electron chi connectivity index (χ1n) is 12.6. The largest absolute Gasteiger partial charge is 0.359 e. The number of hydrogen-bond donors (Lipinski definition) is 2. The lowest BCUT2D eigenvalue weighted by Crippen LogP contribution is -2.38. The quantitative estimate of drug-likeness (QED) is 0.248. The van der Waals surface area contributed by atoms with E-state index < -0.39 is 5.41 Å². The second-order valence-electron chi connectivity index (χ2n) is 10.0. The molecule has 0 saturated carbocycles. The zero-order chi connectivity index (χ0) is 26.9. The van der Waals surface area contributed by atoms with Gasteiger partial charge < -0.3 is 10.6 Å².